The summed E-state index contributed by atoms with van der Waals surface area (Å²) in [4.78, 5) is 12.5. The highest BCUT2D eigenvalue weighted by molar-refractivity contribution is 6.07. The largest absolute Gasteiger partial charge is 0.497 e. The van der Waals surface area contributed by atoms with Gasteiger partial charge in [-0.2, -0.15) is 0 Å². The highest BCUT2D eigenvalue weighted by Gasteiger charge is 2.48. The molecule has 2 aromatic carbocycles. The predicted octanol–water partition coefficient (Wildman–Crippen LogP) is 2.28. The molecule has 0 aromatic heterocycles. The van der Waals surface area contributed by atoms with Crippen LogP contribution in [0.15, 0.2) is 42.5 Å². The topological polar surface area (TPSA) is 67.8 Å². The Kier molecular flexibility index (Phi) is 3.50. The molecule has 0 bridgehead atoms. The number of ether oxygens (including phenoxy) is 2. The van der Waals surface area contributed by atoms with Crippen LogP contribution in [0.4, 0.5) is 5.69 Å². The van der Waals surface area contributed by atoms with E-state index in [0.29, 0.717) is 34.9 Å². The Morgan fingerprint density at radius 3 is 2.68 bits per heavy atom. The molecule has 2 N–H and O–H groups in total. The summed E-state index contributed by atoms with van der Waals surface area (Å²) in [5.41, 5.74) is -0.347. The minimum atomic E-state index is -1.80. The lowest BCUT2D eigenvalue weighted by Gasteiger charge is -2.24. The van der Waals surface area contributed by atoms with E-state index < -0.39 is 11.5 Å². The molecule has 0 saturated heterocycles. The zero-order chi connectivity index (χ0) is 15.7. The smallest absolute Gasteiger partial charge is 0.266 e. The maximum atomic E-state index is 12.5. The van der Waals surface area contributed by atoms with Gasteiger partial charge in [-0.3, -0.25) is 4.79 Å². The second kappa shape index (κ2) is 5.35. The molecule has 22 heavy (non-hydrogen) atoms. The van der Waals surface area contributed by atoms with Crippen LogP contribution < -0.4 is 14.8 Å². The van der Waals surface area contributed by atoms with Crippen molar-refractivity contribution in [3.63, 3.8) is 0 Å². The van der Waals surface area contributed by atoms with Gasteiger partial charge in [0.15, 0.2) is 5.60 Å². The van der Waals surface area contributed by atoms with E-state index in [1.165, 1.54) is 0 Å². The maximum Gasteiger partial charge on any atom is 0.266 e. The van der Waals surface area contributed by atoms with E-state index in [1.807, 2.05) is 6.92 Å². The van der Waals surface area contributed by atoms with Crippen molar-refractivity contribution in [3.05, 3.63) is 53.6 Å². The molecule has 2 aromatic rings. The van der Waals surface area contributed by atoms with E-state index >= 15 is 0 Å². The van der Waals surface area contributed by atoms with E-state index in [4.69, 9.17) is 9.47 Å². The molecule has 5 nitrogen and oxygen atoms in total. The standard InChI is InChI=1S/C17H17NO4/c1-3-22-15-7-5-4-6-12(15)17(20)13-10-11(21-2)8-9-14(13)18-16(17)19/h4-10,20H,3H2,1-2H3,(H,18,19). The number of benzene rings is 2. The Morgan fingerprint density at radius 2 is 1.95 bits per heavy atom. The van der Waals surface area contributed by atoms with Crippen molar-refractivity contribution >= 4 is 11.6 Å². The Morgan fingerprint density at radius 1 is 1.18 bits per heavy atom. The molecule has 1 aliphatic heterocycles. The van der Waals surface area contributed by atoms with Crippen molar-refractivity contribution in [2.45, 2.75) is 12.5 Å². The van der Waals surface area contributed by atoms with E-state index in [-0.39, 0.29) is 0 Å². The molecule has 3 rings (SSSR count). The molecule has 0 saturated carbocycles. The molecule has 114 valence electrons. The first-order valence-electron chi connectivity index (χ1n) is 7.06. The predicted molar refractivity (Wildman–Crippen MR) is 82.2 cm³/mol. The van der Waals surface area contributed by atoms with Crippen LogP contribution in [0.1, 0.15) is 18.1 Å². The number of aliphatic hydroxyl groups is 1. The van der Waals surface area contributed by atoms with Crippen molar-refractivity contribution in [1.82, 2.24) is 0 Å². The van der Waals surface area contributed by atoms with Crippen LogP contribution in [0.5, 0.6) is 11.5 Å². The van der Waals surface area contributed by atoms with Gasteiger partial charge >= 0.3 is 0 Å². The summed E-state index contributed by atoms with van der Waals surface area (Å²) in [6.45, 7) is 2.30. The summed E-state index contributed by atoms with van der Waals surface area (Å²) < 4.78 is 10.8. The second-order valence-electron chi connectivity index (χ2n) is 5.01. The van der Waals surface area contributed by atoms with E-state index in [0.717, 1.165) is 0 Å². The van der Waals surface area contributed by atoms with Gasteiger partial charge in [0, 0.05) is 16.8 Å². The number of carbonyl (C=O) groups is 1. The van der Waals surface area contributed by atoms with Crippen LogP contribution >= 0.6 is 0 Å². The molecule has 0 spiro atoms. The van der Waals surface area contributed by atoms with Crippen molar-refractivity contribution in [1.29, 1.82) is 0 Å². The summed E-state index contributed by atoms with van der Waals surface area (Å²) in [5, 5.41) is 13.9. The fourth-order valence-corrected chi connectivity index (χ4v) is 2.71. The molecule has 1 atom stereocenters. The number of fused-ring (bicyclic) bond motifs is 1. The van der Waals surface area contributed by atoms with Crippen LogP contribution in [-0.4, -0.2) is 24.7 Å². The van der Waals surface area contributed by atoms with Crippen LogP contribution in [-0.2, 0) is 10.4 Å². The Balaban J connectivity index is 2.20. The number of nitrogens with one attached hydrogen (secondary N) is 1. The highest BCUT2D eigenvalue weighted by atomic mass is 16.5. The van der Waals surface area contributed by atoms with Crippen LogP contribution in [0.25, 0.3) is 0 Å². The molecule has 0 radical (unpaired) electrons. The first kappa shape index (κ1) is 14.4. The van der Waals surface area contributed by atoms with Crippen molar-refractivity contribution < 1.29 is 19.4 Å². The molecule has 5 heteroatoms. The van der Waals surface area contributed by atoms with E-state index in [1.54, 1.807) is 49.6 Å². The average Bonchev–Trinajstić information content (AvgIpc) is 2.80. The third kappa shape index (κ3) is 2.02. The van der Waals surface area contributed by atoms with Crippen LogP contribution in [0.3, 0.4) is 0 Å². The number of methoxy groups -OCH3 is 1. The number of carbonyl (C=O) groups excluding carboxylic acids is 1. The SMILES string of the molecule is CCOc1ccccc1C1(O)C(=O)Nc2ccc(OC)cc21. The van der Waals surface area contributed by atoms with Crippen molar-refractivity contribution in [2.75, 3.05) is 19.0 Å². The van der Waals surface area contributed by atoms with Gasteiger partial charge in [-0.1, -0.05) is 18.2 Å². The average molecular weight is 299 g/mol. The molecule has 1 amide bonds. The fourth-order valence-electron chi connectivity index (χ4n) is 2.71. The number of hydrogen-bond donors (Lipinski definition) is 2. The van der Waals surface area contributed by atoms with Crippen molar-refractivity contribution in [3.8, 4) is 11.5 Å². The third-order valence-electron chi connectivity index (χ3n) is 3.77. The van der Waals surface area contributed by atoms with Gasteiger partial charge in [0.05, 0.1) is 13.7 Å². The normalized spacial score (nSPS) is 19.5. The molecule has 1 unspecified atom stereocenters. The molecule has 0 aliphatic carbocycles. The molecule has 0 fully saturated rings. The van der Waals surface area contributed by atoms with Crippen molar-refractivity contribution in [2.24, 2.45) is 0 Å². The van der Waals surface area contributed by atoms with Gasteiger partial charge in [-0.25, -0.2) is 0 Å². The third-order valence-corrected chi connectivity index (χ3v) is 3.77. The highest BCUT2D eigenvalue weighted by Crippen LogP contribution is 2.45. The number of hydrogen-bond acceptors (Lipinski definition) is 4. The van der Waals surface area contributed by atoms with E-state index in [9.17, 15) is 9.90 Å². The molecular weight excluding hydrogens is 282 g/mol. The molecule has 1 aliphatic rings. The van der Waals surface area contributed by atoms with Gasteiger partial charge in [0.1, 0.15) is 11.5 Å². The lowest BCUT2D eigenvalue weighted by atomic mass is 9.87. The summed E-state index contributed by atoms with van der Waals surface area (Å²) in [6, 6.07) is 12.1. The van der Waals surface area contributed by atoms with Gasteiger partial charge in [0.2, 0.25) is 0 Å². The van der Waals surface area contributed by atoms with Gasteiger partial charge in [-0.05, 0) is 31.2 Å². The Bertz CT molecular complexity index is 728. The number of para-hydroxylation sites is 1. The minimum absolute atomic E-state index is 0.418. The zero-order valence-corrected chi connectivity index (χ0v) is 12.4. The summed E-state index contributed by atoms with van der Waals surface area (Å²) >= 11 is 0. The number of rotatable bonds is 4. The quantitative estimate of drug-likeness (QED) is 0.909. The zero-order valence-electron chi connectivity index (χ0n) is 12.4. The second-order valence-corrected chi connectivity index (χ2v) is 5.01. The fraction of sp³-hybridized carbons (Fsp3) is 0.235. The first-order valence-corrected chi connectivity index (χ1v) is 7.06. The Labute approximate surface area is 128 Å². The first-order chi connectivity index (χ1) is 10.6. The van der Waals surface area contributed by atoms with Gasteiger partial charge in [0.25, 0.3) is 5.91 Å². The van der Waals surface area contributed by atoms with Crippen LogP contribution in [0.2, 0.25) is 0 Å². The molecule has 1 heterocycles. The lowest BCUT2D eigenvalue weighted by Crippen LogP contribution is -2.35. The number of amides is 1. The van der Waals surface area contributed by atoms with E-state index in [2.05, 4.69) is 5.32 Å². The van der Waals surface area contributed by atoms with Gasteiger partial charge < -0.3 is 19.9 Å². The summed E-state index contributed by atoms with van der Waals surface area (Å²) in [5.74, 6) is 0.559. The van der Waals surface area contributed by atoms with Crippen LogP contribution in [0, 0.1) is 0 Å². The maximum absolute atomic E-state index is 12.5. The summed E-state index contributed by atoms with van der Waals surface area (Å²) in [7, 11) is 1.54. The lowest BCUT2D eigenvalue weighted by molar-refractivity contribution is -0.129. The minimum Gasteiger partial charge on any atom is -0.497 e. The summed E-state index contributed by atoms with van der Waals surface area (Å²) in [6.07, 6.45) is 0. The molecular formula is C17H17NO4. The Hall–Kier alpha value is -2.53. The monoisotopic (exact) mass is 299 g/mol. The van der Waals surface area contributed by atoms with Gasteiger partial charge in [-0.15, -0.1) is 0 Å². The number of anilines is 1.